The van der Waals surface area contributed by atoms with Crippen LogP contribution >= 0.6 is 23.2 Å². The van der Waals surface area contributed by atoms with Crippen LogP contribution in [-0.2, 0) is 9.59 Å². The molecule has 0 bridgehead atoms. The van der Waals surface area contributed by atoms with Gasteiger partial charge in [-0.2, -0.15) is 0 Å². The van der Waals surface area contributed by atoms with Crippen molar-refractivity contribution in [3.63, 3.8) is 0 Å². The van der Waals surface area contributed by atoms with Gasteiger partial charge in [0, 0.05) is 12.1 Å². The molecule has 1 aliphatic heterocycles. The Hall–Kier alpha value is -2.90. The lowest BCUT2D eigenvalue weighted by Crippen LogP contribution is -2.30. The van der Waals surface area contributed by atoms with Crippen LogP contribution in [0, 0.1) is 0 Å². The summed E-state index contributed by atoms with van der Waals surface area (Å²) < 4.78 is 15.9. The molecule has 0 aromatic heterocycles. The van der Waals surface area contributed by atoms with E-state index in [1.165, 1.54) is 38.4 Å². The molecule has 1 amide bonds. The Bertz CT molecular complexity index is 1090. The number of aliphatic hydroxyl groups excluding tert-OH is 1. The molecule has 1 saturated heterocycles. The Morgan fingerprint density at radius 2 is 1.64 bits per heavy atom. The molecule has 2 aromatic rings. The third-order valence-corrected chi connectivity index (χ3v) is 6.05. The Morgan fingerprint density at radius 1 is 1.00 bits per heavy atom. The number of ether oxygens (including phenoxy) is 3. The van der Waals surface area contributed by atoms with Crippen LogP contribution in [0.25, 0.3) is 5.76 Å². The Morgan fingerprint density at radius 3 is 2.18 bits per heavy atom. The maximum Gasteiger partial charge on any atom is 0.295 e. The second-order valence-corrected chi connectivity index (χ2v) is 8.25. The molecule has 1 unspecified atom stereocenters. The van der Waals surface area contributed by atoms with Gasteiger partial charge in [0.25, 0.3) is 11.7 Å². The number of rotatable bonds is 8. The van der Waals surface area contributed by atoms with Gasteiger partial charge >= 0.3 is 0 Å². The van der Waals surface area contributed by atoms with E-state index >= 15 is 0 Å². The van der Waals surface area contributed by atoms with Gasteiger partial charge in [-0.25, -0.2) is 0 Å². The molecule has 0 saturated carbocycles. The number of hydrogen-bond donors (Lipinski definition) is 1. The fraction of sp³-hybridized carbons (Fsp3) is 0.333. The Balaban J connectivity index is 2.23. The summed E-state index contributed by atoms with van der Waals surface area (Å²) in [6.07, 6.45) is 1.52. The highest BCUT2D eigenvalue weighted by molar-refractivity contribution is 6.46. The van der Waals surface area contributed by atoms with E-state index in [2.05, 4.69) is 0 Å². The van der Waals surface area contributed by atoms with Crippen LogP contribution in [0.2, 0.25) is 10.0 Å². The molecule has 33 heavy (non-hydrogen) atoms. The van der Waals surface area contributed by atoms with Crippen molar-refractivity contribution in [2.45, 2.75) is 25.8 Å². The number of Topliss-reactive ketones (excluding diaryl/α,β-unsaturated/α-hetero) is 1. The summed E-state index contributed by atoms with van der Waals surface area (Å²) in [4.78, 5) is 27.5. The highest BCUT2D eigenvalue weighted by Crippen LogP contribution is 2.43. The molecule has 7 nitrogen and oxygen atoms in total. The minimum atomic E-state index is -0.823. The lowest BCUT2D eigenvalue weighted by atomic mass is 9.95. The Kier molecular flexibility index (Phi) is 7.76. The van der Waals surface area contributed by atoms with Crippen LogP contribution in [0.3, 0.4) is 0 Å². The smallest absolute Gasteiger partial charge is 0.295 e. The average molecular weight is 494 g/mol. The predicted octanol–water partition coefficient (Wildman–Crippen LogP) is 5.24. The monoisotopic (exact) mass is 493 g/mol. The quantitative estimate of drug-likeness (QED) is 0.307. The fourth-order valence-electron chi connectivity index (χ4n) is 3.86. The SMILES string of the molecule is CCCCN1C(=O)C(=O)/C(=C(/O)c2cc(Cl)c(OC)c(Cl)c2)C1c1ccc(OC)c(OC)c1. The maximum absolute atomic E-state index is 13.1. The molecule has 176 valence electrons. The number of carbonyl (C=O) groups excluding carboxylic acids is 2. The van der Waals surface area contributed by atoms with Gasteiger partial charge in [-0.15, -0.1) is 0 Å². The van der Waals surface area contributed by atoms with E-state index in [9.17, 15) is 14.7 Å². The summed E-state index contributed by atoms with van der Waals surface area (Å²) in [5.74, 6) is -0.664. The molecule has 9 heteroatoms. The summed E-state index contributed by atoms with van der Waals surface area (Å²) in [6, 6.07) is 7.17. The van der Waals surface area contributed by atoms with Gasteiger partial charge in [0.15, 0.2) is 17.2 Å². The average Bonchev–Trinajstić information content (AvgIpc) is 3.06. The summed E-state index contributed by atoms with van der Waals surface area (Å²) in [5, 5.41) is 11.5. The van der Waals surface area contributed by atoms with Crippen LogP contribution in [0.5, 0.6) is 17.2 Å². The number of nitrogens with zero attached hydrogens (tertiary/aromatic N) is 1. The van der Waals surface area contributed by atoms with E-state index in [4.69, 9.17) is 37.4 Å². The minimum Gasteiger partial charge on any atom is -0.507 e. The number of methoxy groups -OCH3 is 3. The van der Waals surface area contributed by atoms with Crippen molar-refractivity contribution in [1.82, 2.24) is 4.90 Å². The molecule has 1 fully saturated rings. The van der Waals surface area contributed by atoms with Crippen molar-refractivity contribution in [2.24, 2.45) is 0 Å². The van der Waals surface area contributed by atoms with Crippen molar-refractivity contribution in [1.29, 1.82) is 0 Å². The molecule has 1 heterocycles. The topological polar surface area (TPSA) is 85.3 Å². The number of halogens is 2. The summed E-state index contributed by atoms with van der Waals surface area (Å²) >= 11 is 12.5. The lowest BCUT2D eigenvalue weighted by Gasteiger charge is -2.26. The van der Waals surface area contributed by atoms with E-state index in [-0.39, 0.29) is 32.7 Å². The van der Waals surface area contributed by atoms with Gasteiger partial charge < -0.3 is 24.2 Å². The van der Waals surface area contributed by atoms with Crippen molar-refractivity contribution < 1.29 is 28.9 Å². The minimum absolute atomic E-state index is 0.0550. The molecular weight excluding hydrogens is 469 g/mol. The zero-order chi connectivity index (χ0) is 24.3. The fourth-order valence-corrected chi connectivity index (χ4v) is 4.50. The van der Waals surface area contributed by atoms with E-state index < -0.39 is 17.7 Å². The summed E-state index contributed by atoms with van der Waals surface area (Å²) in [5.41, 5.74) is 0.737. The lowest BCUT2D eigenvalue weighted by molar-refractivity contribution is -0.139. The van der Waals surface area contributed by atoms with Crippen molar-refractivity contribution in [3.05, 3.63) is 57.1 Å². The van der Waals surface area contributed by atoms with Crippen molar-refractivity contribution in [2.75, 3.05) is 27.9 Å². The van der Waals surface area contributed by atoms with Crippen LogP contribution in [0.4, 0.5) is 0 Å². The first-order valence-corrected chi connectivity index (χ1v) is 11.1. The standard InChI is InChI=1S/C24H25Cl2NO6/c1-5-6-9-27-20(13-7-8-17(31-2)18(12-13)32-3)19(22(29)24(27)30)21(28)14-10-15(25)23(33-4)16(26)11-14/h7-8,10-12,20,28H,5-6,9H2,1-4H3/b21-19+. The number of ketones is 1. The highest BCUT2D eigenvalue weighted by atomic mass is 35.5. The molecule has 0 spiro atoms. The van der Waals surface area contributed by atoms with Crippen molar-refractivity contribution >= 4 is 40.7 Å². The number of likely N-dealkylation sites (tertiary alicyclic amines) is 1. The van der Waals surface area contributed by atoms with Gasteiger partial charge in [0.2, 0.25) is 0 Å². The number of aliphatic hydroxyl groups is 1. The second-order valence-electron chi connectivity index (χ2n) is 7.43. The second kappa shape index (κ2) is 10.4. The number of amides is 1. The van der Waals surface area contributed by atoms with Gasteiger partial charge in [-0.1, -0.05) is 42.6 Å². The van der Waals surface area contributed by atoms with Gasteiger partial charge in [-0.05, 0) is 36.2 Å². The zero-order valence-corrected chi connectivity index (χ0v) is 20.3. The maximum atomic E-state index is 13.1. The van der Waals surface area contributed by atoms with E-state index in [1.54, 1.807) is 18.2 Å². The van der Waals surface area contributed by atoms with E-state index in [0.717, 1.165) is 6.42 Å². The number of carbonyl (C=O) groups is 2. The largest absolute Gasteiger partial charge is 0.507 e. The molecule has 0 aliphatic carbocycles. The molecule has 3 rings (SSSR count). The normalized spacial score (nSPS) is 17.4. The van der Waals surface area contributed by atoms with Gasteiger partial charge in [-0.3, -0.25) is 9.59 Å². The van der Waals surface area contributed by atoms with Crippen LogP contribution < -0.4 is 14.2 Å². The summed E-state index contributed by atoms with van der Waals surface area (Å²) in [6.45, 7) is 2.34. The Labute approximate surface area is 202 Å². The van der Waals surface area contributed by atoms with Crippen LogP contribution in [0.15, 0.2) is 35.9 Å². The first kappa shape index (κ1) is 24.7. The molecule has 2 aromatic carbocycles. The predicted molar refractivity (Wildman–Crippen MR) is 126 cm³/mol. The number of benzene rings is 2. The van der Waals surface area contributed by atoms with E-state index in [0.29, 0.717) is 30.0 Å². The molecule has 1 atom stereocenters. The van der Waals surface area contributed by atoms with Crippen LogP contribution in [-0.4, -0.2) is 49.6 Å². The first-order valence-electron chi connectivity index (χ1n) is 10.3. The van der Waals surface area contributed by atoms with Crippen molar-refractivity contribution in [3.8, 4) is 17.2 Å². The number of hydrogen-bond acceptors (Lipinski definition) is 6. The molecule has 1 aliphatic rings. The molecule has 1 N–H and O–H groups in total. The third kappa shape index (κ3) is 4.61. The summed E-state index contributed by atoms with van der Waals surface area (Å²) in [7, 11) is 4.43. The van der Waals surface area contributed by atoms with E-state index in [1.807, 2.05) is 6.92 Å². The third-order valence-electron chi connectivity index (χ3n) is 5.49. The van der Waals surface area contributed by atoms with Gasteiger partial charge in [0.05, 0.1) is 43.0 Å². The molecular formula is C24H25Cl2NO6. The first-order chi connectivity index (χ1) is 15.8. The van der Waals surface area contributed by atoms with Gasteiger partial charge in [0.1, 0.15) is 5.76 Å². The zero-order valence-electron chi connectivity index (χ0n) is 18.8. The molecule has 0 radical (unpaired) electrons. The highest BCUT2D eigenvalue weighted by Gasteiger charge is 2.46. The van der Waals surface area contributed by atoms with Crippen LogP contribution in [0.1, 0.15) is 36.9 Å². The number of unbranched alkanes of at least 4 members (excludes halogenated alkanes) is 1.